The quantitative estimate of drug-likeness (QED) is 0.0151. The zero-order valence-electron chi connectivity index (χ0n) is 35.4. The highest BCUT2D eigenvalue weighted by Gasteiger charge is 2.51. The van der Waals surface area contributed by atoms with Crippen molar-refractivity contribution in [2.75, 3.05) is 13.2 Å². The number of rotatable bonds is 37. The fraction of sp³-hybridized carbons (Fsp3) is 0.907. The summed E-state index contributed by atoms with van der Waals surface area (Å²) < 4.78 is 33.4. The highest BCUT2D eigenvalue weighted by atomic mass is 31.2. The van der Waals surface area contributed by atoms with E-state index in [-0.39, 0.29) is 12.8 Å². The normalized spacial score (nSPS) is 22.7. The molecule has 336 valence electrons. The van der Waals surface area contributed by atoms with Crippen LogP contribution >= 0.6 is 7.82 Å². The van der Waals surface area contributed by atoms with Crippen LogP contribution in [0.4, 0.5) is 0 Å². The second kappa shape index (κ2) is 34.3. The molecular formula is C43H81O13P. The zero-order chi connectivity index (χ0) is 42.2. The van der Waals surface area contributed by atoms with Crippen LogP contribution in [0.2, 0.25) is 0 Å². The Morgan fingerprint density at radius 1 is 0.526 bits per heavy atom. The number of unbranched alkanes of at least 4 members (excludes halogenated alkanes) is 23. The van der Waals surface area contributed by atoms with Crippen molar-refractivity contribution in [1.29, 1.82) is 0 Å². The smallest absolute Gasteiger partial charge is 0.462 e. The van der Waals surface area contributed by atoms with Crippen LogP contribution in [0.25, 0.3) is 0 Å². The summed E-state index contributed by atoms with van der Waals surface area (Å²) in [5, 5.41) is 50.0. The average Bonchev–Trinajstić information content (AvgIpc) is 3.19. The van der Waals surface area contributed by atoms with Gasteiger partial charge in [-0.25, -0.2) is 4.57 Å². The summed E-state index contributed by atoms with van der Waals surface area (Å²) in [5.41, 5.74) is 0. The number of aliphatic hydroxyl groups excluding tert-OH is 5. The van der Waals surface area contributed by atoms with E-state index in [1.807, 2.05) is 0 Å². The third kappa shape index (κ3) is 27.1. The Morgan fingerprint density at radius 2 is 0.895 bits per heavy atom. The Hall–Kier alpha value is -1.41. The Bertz CT molecular complexity index is 1060. The van der Waals surface area contributed by atoms with Crippen molar-refractivity contribution in [2.24, 2.45) is 0 Å². The molecule has 6 atom stereocenters. The second-order valence-electron chi connectivity index (χ2n) is 15.9. The van der Waals surface area contributed by atoms with Gasteiger partial charge in [-0.15, -0.1) is 0 Å². The van der Waals surface area contributed by atoms with E-state index in [0.29, 0.717) is 12.8 Å². The predicted molar refractivity (Wildman–Crippen MR) is 221 cm³/mol. The number of phosphoric acid groups is 1. The number of ether oxygens (including phenoxy) is 2. The lowest BCUT2D eigenvalue weighted by molar-refractivity contribution is -0.220. The molecule has 57 heavy (non-hydrogen) atoms. The van der Waals surface area contributed by atoms with Crippen LogP contribution in [0.5, 0.6) is 0 Å². The first-order chi connectivity index (χ1) is 27.4. The Labute approximate surface area is 343 Å². The molecule has 6 N–H and O–H groups in total. The molecule has 1 aliphatic rings. The lowest BCUT2D eigenvalue weighted by atomic mass is 9.85. The van der Waals surface area contributed by atoms with E-state index in [2.05, 4.69) is 26.0 Å². The van der Waals surface area contributed by atoms with Crippen LogP contribution in [0.3, 0.4) is 0 Å². The number of esters is 2. The Balaban J connectivity index is 2.37. The van der Waals surface area contributed by atoms with Crippen LogP contribution in [0, 0.1) is 0 Å². The minimum atomic E-state index is -5.10. The summed E-state index contributed by atoms with van der Waals surface area (Å²) in [6, 6.07) is 0. The first-order valence-electron chi connectivity index (χ1n) is 22.5. The summed E-state index contributed by atoms with van der Waals surface area (Å²) >= 11 is 0. The Kier molecular flexibility index (Phi) is 32.3. The third-order valence-electron chi connectivity index (χ3n) is 10.6. The molecule has 0 radical (unpaired) electrons. The van der Waals surface area contributed by atoms with Crippen molar-refractivity contribution in [3.05, 3.63) is 12.2 Å². The molecule has 6 unspecified atom stereocenters. The monoisotopic (exact) mass is 837 g/mol. The van der Waals surface area contributed by atoms with Crippen molar-refractivity contribution in [2.45, 2.75) is 236 Å². The molecule has 0 aliphatic heterocycles. The molecule has 0 aromatic heterocycles. The van der Waals surface area contributed by atoms with Crippen molar-refractivity contribution in [3.63, 3.8) is 0 Å². The van der Waals surface area contributed by atoms with Crippen LogP contribution in [-0.2, 0) is 32.7 Å². The van der Waals surface area contributed by atoms with Gasteiger partial charge in [0.05, 0.1) is 6.61 Å². The molecule has 13 nitrogen and oxygen atoms in total. The molecule has 0 spiro atoms. The fourth-order valence-corrected chi connectivity index (χ4v) is 7.90. The van der Waals surface area contributed by atoms with Gasteiger partial charge in [0.15, 0.2) is 6.10 Å². The van der Waals surface area contributed by atoms with Crippen molar-refractivity contribution in [1.82, 2.24) is 0 Å². The maximum Gasteiger partial charge on any atom is 0.472 e. The molecule has 1 saturated carbocycles. The number of carbonyl (C=O) groups excluding carboxylic acids is 2. The molecule has 0 saturated heterocycles. The first-order valence-corrected chi connectivity index (χ1v) is 24.0. The van der Waals surface area contributed by atoms with Crippen LogP contribution < -0.4 is 0 Å². The lowest BCUT2D eigenvalue weighted by Gasteiger charge is -2.41. The maximum atomic E-state index is 12.8. The van der Waals surface area contributed by atoms with Gasteiger partial charge in [0.25, 0.3) is 0 Å². The molecule has 0 bridgehead atoms. The highest BCUT2D eigenvalue weighted by Crippen LogP contribution is 2.47. The fourth-order valence-electron chi connectivity index (χ4n) is 6.93. The topological polar surface area (TPSA) is 210 Å². The number of carbonyl (C=O) groups is 2. The molecular weight excluding hydrogens is 755 g/mol. The van der Waals surface area contributed by atoms with Crippen molar-refractivity contribution < 1.29 is 63.1 Å². The van der Waals surface area contributed by atoms with Gasteiger partial charge in [-0.05, 0) is 38.5 Å². The number of hydrogen-bond acceptors (Lipinski definition) is 12. The van der Waals surface area contributed by atoms with Gasteiger partial charge in [-0.3, -0.25) is 18.6 Å². The van der Waals surface area contributed by atoms with Gasteiger partial charge >= 0.3 is 19.8 Å². The highest BCUT2D eigenvalue weighted by molar-refractivity contribution is 7.47. The summed E-state index contributed by atoms with van der Waals surface area (Å²) in [4.78, 5) is 35.4. The number of allylic oxidation sites excluding steroid dienone is 2. The molecule has 1 rings (SSSR count). The van der Waals surface area contributed by atoms with Crippen LogP contribution in [0.15, 0.2) is 12.2 Å². The molecule has 0 aromatic carbocycles. The van der Waals surface area contributed by atoms with E-state index in [4.69, 9.17) is 18.5 Å². The molecule has 1 fully saturated rings. The van der Waals surface area contributed by atoms with E-state index in [9.17, 15) is 44.6 Å². The van der Waals surface area contributed by atoms with Gasteiger partial charge in [0, 0.05) is 12.8 Å². The minimum absolute atomic E-state index is 0.0981. The molecule has 14 heteroatoms. The van der Waals surface area contributed by atoms with Gasteiger partial charge in [-0.1, -0.05) is 154 Å². The standard InChI is InChI=1S/C43H81O13P/c1-3-5-7-9-11-12-13-14-15-16-17-18-19-20-21-22-23-24-26-28-30-32-37(45)55-35(33-53-36(44)31-29-27-25-10-8-6-4-2)34-54-57(51,52)56-43-41(49)39(47)38(46)40(48)42(43)50/h16-17,35,38-43,46-50H,3-15,18-34H2,1-2H3,(H,51,52)/b17-16-. The average molecular weight is 837 g/mol. The maximum absolute atomic E-state index is 12.8. The first kappa shape index (κ1) is 53.6. The van der Waals surface area contributed by atoms with Gasteiger partial charge in [0.1, 0.15) is 43.2 Å². The summed E-state index contributed by atoms with van der Waals surface area (Å²) in [6.45, 7) is 3.24. The van der Waals surface area contributed by atoms with E-state index in [1.54, 1.807) is 0 Å². The second-order valence-corrected chi connectivity index (χ2v) is 17.3. The minimum Gasteiger partial charge on any atom is -0.462 e. The summed E-state index contributed by atoms with van der Waals surface area (Å²) in [7, 11) is -5.10. The zero-order valence-corrected chi connectivity index (χ0v) is 36.3. The Morgan fingerprint density at radius 3 is 1.33 bits per heavy atom. The molecule has 1 aliphatic carbocycles. The largest absolute Gasteiger partial charge is 0.472 e. The van der Waals surface area contributed by atoms with Crippen molar-refractivity contribution in [3.8, 4) is 0 Å². The van der Waals surface area contributed by atoms with Gasteiger partial charge in [-0.2, -0.15) is 0 Å². The van der Waals surface area contributed by atoms with E-state index < -0.39 is 75.7 Å². The number of hydrogen-bond donors (Lipinski definition) is 6. The van der Waals surface area contributed by atoms with Crippen molar-refractivity contribution >= 4 is 19.8 Å². The molecule has 0 amide bonds. The predicted octanol–water partition coefficient (Wildman–Crippen LogP) is 8.28. The van der Waals surface area contributed by atoms with Crippen LogP contribution in [0.1, 0.15) is 194 Å². The molecule has 0 heterocycles. The van der Waals surface area contributed by atoms with E-state index in [1.165, 1.54) is 89.9 Å². The van der Waals surface area contributed by atoms with Gasteiger partial charge < -0.3 is 39.9 Å². The lowest BCUT2D eigenvalue weighted by Crippen LogP contribution is -2.64. The summed E-state index contributed by atoms with van der Waals surface area (Å²) in [6.07, 6.45) is 21.7. The van der Waals surface area contributed by atoms with E-state index >= 15 is 0 Å². The SMILES string of the molecule is CCCCCCCCCC/C=C\CCCCCCCCCCCC(=O)OC(COC(=O)CCCCCCCCC)COP(=O)(O)OC1C(O)C(O)C(O)C(O)C1O. The number of aliphatic hydroxyl groups is 5. The van der Waals surface area contributed by atoms with E-state index in [0.717, 1.165) is 64.2 Å². The number of phosphoric ester groups is 1. The third-order valence-corrected chi connectivity index (χ3v) is 11.6. The molecule has 0 aromatic rings. The summed E-state index contributed by atoms with van der Waals surface area (Å²) in [5.74, 6) is -1.10. The van der Waals surface area contributed by atoms with Crippen LogP contribution in [-0.4, -0.2) is 98.3 Å². The van der Waals surface area contributed by atoms with Gasteiger partial charge in [0.2, 0.25) is 0 Å².